The fourth-order valence-electron chi connectivity index (χ4n) is 3.09. The van der Waals surface area contributed by atoms with Crippen LogP contribution in [0.2, 0.25) is 0 Å². The summed E-state index contributed by atoms with van der Waals surface area (Å²) in [4.78, 5) is 4.80. The van der Waals surface area contributed by atoms with Crippen molar-refractivity contribution in [1.29, 1.82) is 0 Å². The highest BCUT2D eigenvalue weighted by Gasteiger charge is 2.07. The van der Waals surface area contributed by atoms with Crippen molar-refractivity contribution in [3.63, 3.8) is 0 Å². The Labute approximate surface area is 180 Å². The van der Waals surface area contributed by atoms with Crippen molar-refractivity contribution in [3.8, 4) is 11.5 Å². The number of oxime groups is 1. The minimum atomic E-state index is 0.505. The van der Waals surface area contributed by atoms with Gasteiger partial charge in [-0.25, -0.2) is 0 Å². The largest absolute Gasteiger partial charge is 0.491 e. The highest BCUT2D eigenvalue weighted by Crippen LogP contribution is 2.28. The van der Waals surface area contributed by atoms with Crippen LogP contribution in [0.25, 0.3) is 0 Å². The molecule has 0 aliphatic rings. The van der Waals surface area contributed by atoms with Gasteiger partial charge in [-0.05, 0) is 62.1 Å². The molecule has 0 atom stereocenters. The molecule has 5 nitrogen and oxygen atoms in total. The third-order valence-electron chi connectivity index (χ3n) is 4.49. The number of allylic oxidation sites excluding steroid dienone is 1. The molecule has 0 heterocycles. The first kappa shape index (κ1) is 23.5. The SMILES string of the molecule is C/C=C/COc1cc(C)c(OCCOCc2ccc(CC(C)=NOC)cc2)c(C)c1. The van der Waals surface area contributed by atoms with Gasteiger partial charge in [0.1, 0.15) is 31.8 Å². The maximum Gasteiger partial charge on any atom is 0.125 e. The zero-order chi connectivity index (χ0) is 21.8. The first-order valence-corrected chi connectivity index (χ1v) is 10.2. The molecule has 2 aromatic carbocycles. The van der Waals surface area contributed by atoms with Gasteiger partial charge in [-0.15, -0.1) is 0 Å². The first-order valence-electron chi connectivity index (χ1n) is 10.2. The van der Waals surface area contributed by atoms with E-state index in [0.29, 0.717) is 26.4 Å². The topological polar surface area (TPSA) is 49.3 Å². The van der Waals surface area contributed by atoms with E-state index >= 15 is 0 Å². The molecular formula is C25H33NO4. The molecule has 2 aromatic rings. The van der Waals surface area contributed by atoms with Crippen LogP contribution in [0.5, 0.6) is 11.5 Å². The van der Waals surface area contributed by atoms with E-state index in [1.54, 1.807) is 7.11 Å². The lowest BCUT2D eigenvalue weighted by molar-refractivity contribution is 0.0884. The van der Waals surface area contributed by atoms with Crippen molar-refractivity contribution >= 4 is 5.71 Å². The van der Waals surface area contributed by atoms with E-state index in [-0.39, 0.29) is 0 Å². The quantitative estimate of drug-likeness (QED) is 0.203. The average molecular weight is 412 g/mol. The number of benzene rings is 2. The van der Waals surface area contributed by atoms with Gasteiger partial charge in [-0.3, -0.25) is 0 Å². The summed E-state index contributed by atoms with van der Waals surface area (Å²) in [5.74, 6) is 1.76. The van der Waals surface area contributed by atoms with E-state index in [0.717, 1.165) is 40.3 Å². The summed E-state index contributed by atoms with van der Waals surface area (Å²) in [6.45, 7) is 10.2. The summed E-state index contributed by atoms with van der Waals surface area (Å²) in [6.07, 6.45) is 4.74. The molecule has 0 aliphatic heterocycles. The zero-order valence-corrected chi connectivity index (χ0v) is 18.7. The molecular weight excluding hydrogens is 378 g/mol. The predicted molar refractivity (Wildman–Crippen MR) is 122 cm³/mol. The fourth-order valence-corrected chi connectivity index (χ4v) is 3.09. The molecule has 0 aliphatic carbocycles. The molecule has 0 spiro atoms. The molecule has 162 valence electrons. The molecule has 5 heteroatoms. The maximum absolute atomic E-state index is 5.95. The summed E-state index contributed by atoms with van der Waals surface area (Å²) in [7, 11) is 1.56. The minimum Gasteiger partial charge on any atom is -0.491 e. The van der Waals surface area contributed by atoms with Gasteiger partial charge < -0.3 is 19.0 Å². The van der Waals surface area contributed by atoms with Crippen molar-refractivity contribution in [1.82, 2.24) is 0 Å². The number of aryl methyl sites for hydroxylation is 2. The number of ether oxygens (including phenoxy) is 3. The Balaban J connectivity index is 1.75. The van der Waals surface area contributed by atoms with E-state index < -0.39 is 0 Å². The third kappa shape index (κ3) is 7.91. The summed E-state index contributed by atoms with van der Waals surface area (Å²) in [5, 5.41) is 3.94. The lowest BCUT2D eigenvalue weighted by atomic mass is 10.1. The Kier molecular flexibility index (Phi) is 9.95. The van der Waals surface area contributed by atoms with Crippen LogP contribution in [-0.4, -0.2) is 32.6 Å². The summed E-state index contributed by atoms with van der Waals surface area (Å²) in [6, 6.07) is 12.4. The molecule has 0 aromatic heterocycles. The van der Waals surface area contributed by atoms with E-state index in [2.05, 4.69) is 29.4 Å². The van der Waals surface area contributed by atoms with Crippen molar-refractivity contribution in [3.05, 3.63) is 70.8 Å². The van der Waals surface area contributed by atoms with Gasteiger partial charge in [0.05, 0.1) is 18.9 Å². The Morgan fingerprint density at radius 2 is 1.63 bits per heavy atom. The molecule has 0 amide bonds. The van der Waals surface area contributed by atoms with Crippen LogP contribution < -0.4 is 9.47 Å². The average Bonchev–Trinajstić information content (AvgIpc) is 2.71. The number of nitrogens with zero attached hydrogens (tertiary/aromatic N) is 1. The van der Waals surface area contributed by atoms with Gasteiger partial charge in [0, 0.05) is 6.42 Å². The second-order valence-corrected chi connectivity index (χ2v) is 7.17. The van der Waals surface area contributed by atoms with Crippen molar-refractivity contribution in [2.45, 2.75) is 40.7 Å². The number of rotatable bonds is 12. The molecule has 0 saturated carbocycles. The smallest absolute Gasteiger partial charge is 0.125 e. The molecule has 0 radical (unpaired) electrons. The Bertz CT molecular complexity index is 818. The lowest BCUT2D eigenvalue weighted by Crippen LogP contribution is -2.08. The summed E-state index contributed by atoms with van der Waals surface area (Å²) >= 11 is 0. The fraction of sp³-hybridized carbons (Fsp3) is 0.400. The Morgan fingerprint density at radius 3 is 2.27 bits per heavy atom. The molecule has 0 fully saturated rings. The highest BCUT2D eigenvalue weighted by molar-refractivity contribution is 5.83. The van der Waals surface area contributed by atoms with Crippen molar-refractivity contribution in [2.24, 2.45) is 5.16 Å². The van der Waals surface area contributed by atoms with E-state index in [4.69, 9.17) is 19.0 Å². The normalized spacial score (nSPS) is 11.7. The second kappa shape index (κ2) is 12.7. The van der Waals surface area contributed by atoms with Crippen LogP contribution in [0, 0.1) is 13.8 Å². The zero-order valence-electron chi connectivity index (χ0n) is 18.7. The first-order chi connectivity index (χ1) is 14.5. The standard InChI is InChI=1S/C25H33NO4/c1-6-7-12-29-24-15-19(2)25(20(3)16-24)30-14-13-28-18-23-10-8-22(9-11-23)17-21(4)26-27-5/h6-11,15-16H,12-14,17-18H2,1-5H3/b7-6+,26-21?. The van der Waals surface area contributed by atoms with Crippen molar-refractivity contribution < 1.29 is 19.0 Å². The van der Waals surface area contributed by atoms with Gasteiger partial charge in [0.15, 0.2) is 0 Å². The van der Waals surface area contributed by atoms with Gasteiger partial charge >= 0.3 is 0 Å². The molecule has 2 rings (SSSR count). The molecule has 0 unspecified atom stereocenters. The van der Waals surface area contributed by atoms with E-state index in [1.807, 2.05) is 52.0 Å². The van der Waals surface area contributed by atoms with Crippen LogP contribution in [0.3, 0.4) is 0 Å². The van der Waals surface area contributed by atoms with E-state index in [9.17, 15) is 0 Å². The summed E-state index contributed by atoms with van der Waals surface area (Å²) in [5.41, 5.74) is 5.41. The monoisotopic (exact) mass is 411 g/mol. The molecule has 0 bridgehead atoms. The van der Waals surface area contributed by atoms with Crippen LogP contribution in [0.15, 0.2) is 53.7 Å². The van der Waals surface area contributed by atoms with Crippen LogP contribution in [0.4, 0.5) is 0 Å². The Hall–Kier alpha value is -2.79. The minimum absolute atomic E-state index is 0.505. The third-order valence-corrected chi connectivity index (χ3v) is 4.49. The van der Waals surface area contributed by atoms with Crippen LogP contribution in [0.1, 0.15) is 36.1 Å². The van der Waals surface area contributed by atoms with Gasteiger partial charge in [-0.2, -0.15) is 0 Å². The molecule has 0 N–H and O–H groups in total. The van der Waals surface area contributed by atoms with Gasteiger partial charge in [-0.1, -0.05) is 41.6 Å². The van der Waals surface area contributed by atoms with Crippen LogP contribution >= 0.6 is 0 Å². The predicted octanol–water partition coefficient (Wildman–Crippen LogP) is 5.42. The summed E-state index contributed by atoms with van der Waals surface area (Å²) < 4.78 is 17.4. The highest BCUT2D eigenvalue weighted by atomic mass is 16.6. The lowest BCUT2D eigenvalue weighted by Gasteiger charge is -2.14. The molecule has 30 heavy (non-hydrogen) atoms. The maximum atomic E-state index is 5.95. The second-order valence-electron chi connectivity index (χ2n) is 7.17. The number of hydrogen-bond acceptors (Lipinski definition) is 5. The molecule has 0 saturated heterocycles. The van der Waals surface area contributed by atoms with Crippen LogP contribution in [-0.2, 0) is 22.6 Å². The Morgan fingerprint density at radius 1 is 0.967 bits per heavy atom. The van der Waals surface area contributed by atoms with E-state index in [1.165, 1.54) is 5.56 Å². The van der Waals surface area contributed by atoms with Crippen molar-refractivity contribution in [2.75, 3.05) is 26.9 Å². The van der Waals surface area contributed by atoms with Gasteiger partial charge in [0.25, 0.3) is 0 Å². The number of hydrogen-bond donors (Lipinski definition) is 0. The van der Waals surface area contributed by atoms with Gasteiger partial charge in [0.2, 0.25) is 0 Å².